The zero-order valence-corrected chi connectivity index (χ0v) is 17.5. The van der Waals surface area contributed by atoms with Crippen LogP contribution in [0.2, 0.25) is 0 Å². The number of likely N-dealkylation sites (tertiary alicyclic amines) is 1. The van der Waals surface area contributed by atoms with Gasteiger partial charge in [0.05, 0.1) is 26.8 Å². The number of benzene rings is 2. The number of hydrogen-bond donors (Lipinski definition) is 2. The van der Waals surface area contributed by atoms with Crippen LogP contribution in [0.25, 0.3) is 0 Å². The lowest BCUT2D eigenvalue weighted by atomic mass is 10.1. The SMILES string of the molecule is COc1ccc(C(=O)NCC(=O)NC[C@H](c2ccccc2)N2CCCC2)cc1OC. The minimum atomic E-state index is -0.342. The average Bonchev–Trinajstić information content (AvgIpc) is 3.32. The Morgan fingerprint density at radius 3 is 2.33 bits per heavy atom. The Morgan fingerprint density at radius 1 is 0.967 bits per heavy atom. The van der Waals surface area contributed by atoms with Crippen molar-refractivity contribution >= 4 is 11.8 Å². The highest BCUT2D eigenvalue weighted by molar-refractivity contribution is 5.97. The van der Waals surface area contributed by atoms with Crippen molar-refractivity contribution in [1.29, 1.82) is 0 Å². The quantitative estimate of drug-likeness (QED) is 0.662. The fourth-order valence-electron chi connectivity index (χ4n) is 3.70. The highest BCUT2D eigenvalue weighted by Crippen LogP contribution is 2.27. The molecule has 0 aromatic heterocycles. The molecule has 0 radical (unpaired) electrons. The van der Waals surface area contributed by atoms with Crippen LogP contribution in [0.1, 0.15) is 34.8 Å². The minimum Gasteiger partial charge on any atom is -0.493 e. The number of methoxy groups -OCH3 is 2. The predicted octanol–water partition coefficient (Wildman–Crippen LogP) is 2.39. The molecule has 1 atom stereocenters. The molecule has 1 aliphatic heterocycles. The number of carbonyl (C=O) groups excluding carboxylic acids is 2. The summed E-state index contributed by atoms with van der Waals surface area (Å²) in [5, 5.41) is 5.63. The van der Waals surface area contributed by atoms with Gasteiger partial charge in [0.25, 0.3) is 5.91 Å². The van der Waals surface area contributed by atoms with Crippen molar-refractivity contribution in [3.8, 4) is 11.5 Å². The number of carbonyl (C=O) groups is 2. The summed E-state index contributed by atoms with van der Waals surface area (Å²) in [5.74, 6) is 0.445. The number of amides is 2. The summed E-state index contributed by atoms with van der Waals surface area (Å²) < 4.78 is 10.4. The normalized spacial score (nSPS) is 14.7. The van der Waals surface area contributed by atoms with Crippen molar-refractivity contribution in [2.45, 2.75) is 18.9 Å². The van der Waals surface area contributed by atoms with Crippen LogP contribution in [0.15, 0.2) is 48.5 Å². The molecular weight excluding hydrogens is 382 g/mol. The van der Waals surface area contributed by atoms with Crippen molar-refractivity contribution in [1.82, 2.24) is 15.5 Å². The first-order chi connectivity index (χ1) is 14.6. The molecule has 0 aliphatic carbocycles. The summed E-state index contributed by atoms with van der Waals surface area (Å²) >= 11 is 0. The van der Waals surface area contributed by atoms with Crippen LogP contribution in [0.3, 0.4) is 0 Å². The second-order valence-corrected chi connectivity index (χ2v) is 7.23. The Morgan fingerprint density at radius 2 is 1.67 bits per heavy atom. The Labute approximate surface area is 177 Å². The molecule has 0 saturated carbocycles. The number of nitrogens with one attached hydrogen (secondary N) is 2. The van der Waals surface area contributed by atoms with Crippen LogP contribution in [0.5, 0.6) is 11.5 Å². The van der Waals surface area contributed by atoms with Gasteiger partial charge in [0.1, 0.15) is 0 Å². The Bertz CT molecular complexity index is 851. The second-order valence-electron chi connectivity index (χ2n) is 7.23. The van der Waals surface area contributed by atoms with E-state index in [4.69, 9.17) is 9.47 Å². The van der Waals surface area contributed by atoms with E-state index in [2.05, 4.69) is 27.7 Å². The van der Waals surface area contributed by atoms with Crippen molar-refractivity contribution in [2.75, 3.05) is 40.4 Å². The fraction of sp³-hybridized carbons (Fsp3) is 0.391. The summed E-state index contributed by atoms with van der Waals surface area (Å²) in [6, 6.07) is 15.2. The number of rotatable bonds is 9. The van der Waals surface area contributed by atoms with Crippen LogP contribution in [-0.2, 0) is 4.79 Å². The van der Waals surface area contributed by atoms with E-state index in [1.807, 2.05) is 18.2 Å². The number of nitrogens with zero attached hydrogens (tertiary/aromatic N) is 1. The summed E-state index contributed by atoms with van der Waals surface area (Å²) in [4.78, 5) is 27.2. The molecule has 160 valence electrons. The van der Waals surface area contributed by atoms with Crippen molar-refractivity contribution in [3.63, 3.8) is 0 Å². The van der Waals surface area contributed by atoms with Crippen LogP contribution >= 0.6 is 0 Å². The Balaban J connectivity index is 1.54. The van der Waals surface area contributed by atoms with Gasteiger partial charge in [0, 0.05) is 12.1 Å². The molecule has 1 aliphatic rings. The summed E-state index contributed by atoms with van der Waals surface area (Å²) in [6.45, 7) is 2.49. The molecule has 0 bridgehead atoms. The van der Waals surface area contributed by atoms with Gasteiger partial charge >= 0.3 is 0 Å². The van der Waals surface area contributed by atoms with Crippen LogP contribution in [-0.4, -0.2) is 57.1 Å². The molecule has 1 fully saturated rings. The molecule has 1 saturated heterocycles. The third-order valence-corrected chi connectivity index (χ3v) is 5.31. The van der Waals surface area contributed by atoms with E-state index in [0.29, 0.717) is 23.6 Å². The average molecular weight is 412 g/mol. The molecule has 0 unspecified atom stereocenters. The van der Waals surface area contributed by atoms with Crippen LogP contribution in [0, 0.1) is 0 Å². The van der Waals surface area contributed by atoms with Gasteiger partial charge in [0.2, 0.25) is 5.91 Å². The third-order valence-electron chi connectivity index (χ3n) is 5.31. The lowest BCUT2D eigenvalue weighted by molar-refractivity contribution is -0.120. The first kappa shape index (κ1) is 21.6. The van der Waals surface area contributed by atoms with E-state index in [-0.39, 0.29) is 24.4 Å². The molecular formula is C23H29N3O4. The van der Waals surface area contributed by atoms with Crippen molar-refractivity contribution < 1.29 is 19.1 Å². The van der Waals surface area contributed by atoms with Gasteiger partial charge in [-0.15, -0.1) is 0 Å². The van der Waals surface area contributed by atoms with Crippen molar-refractivity contribution in [3.05, 3.63) is 59.7 Å². The molecule has 1 heterocycles. The van der Waals surface area contributed by atoms with E-state index in [9.17, 15) is 9.59 Å². The zero-order chi connectivity index (χ0) is 21.3. The Hall–Kier alpha value is -3.06. The maximum absolute atomic E-state index is 12.4. The molecule has 0 spiro atoms. The van der Waals surface area contributed by atoms with E-state index in [1.165, 1.54) is 32.6 Å². The van der Waals surface area contributed by atoms with E-state index < -0.39 is 0 Å². The summed E-state index contributed by atoms with van der Waals surface area (Å²) in [6.07, 6.45) is 2.36. The highest BCUT2D eigenvalue weighted by Gasteiger charge is 2.23. The predicted molar refractivity (Wildman–Crippen MR) is 115 cm³/mol. The van der Waals surface area contributed by atoms with Gasteiger partial charge in [-0.2, -0.15) is 0 Å². The molecule has 3 rings (SSSR count). The number of hydrogen-bond acceptors (Lipinski definition) is 5. The molecule has 2 aromatic rings. The van der Waals surface area contributed by atoms with E-state index in [1.54, 1.807) is 18.2 Å². The lowest BCUT2D eigenvalue weighted by Crippen LogP contribution is -2.41. The largest absolute Gasteiger partial charge is 0.493 e. The van der Waals surface area contributed by atoms with Gasteiger partial charge in [-0.05, 0) is 49.7 Å². The van der Waals surface area contributed by atoms with E-state index >= 15 is 0 Å². The number of ether oxygens (including phenoxy) is 2. The summed E-state index contributed by atoms with van der Waals surface area (Å²) in [7, 11) is 3.04. The summed E-state index contributed by atoms with van der Waals surface area (Å²) in [5.41, 5.74) is 1.59. The molecule has 2 aromatic carbocycles. The molecule has 7 nitrogen and oxygen atoms in total. The highest BCUT2D eigenvalue weighted by atomic mass is 16.5. The smallest absolute Gasteiger partial charge is 0.251 e. The topological polar surface area (TPSA) is 79.9 Å². The maximum atomic E-state index is 12.4. The zero-order valence-electron chi connectivity index (χ0n) is 17.5. The van der Waals surface area contributed by atoms with Gasteiger partial charge in [0.15, 0.2) is 11.5 Å². The standard InChI is InChI=1S/C23H29N3O4/c1-29-20-11-10-18(14-21(20)30-2)23(28)25-16-22(27)24-15-19(26-12-6-7-13-26)17-8-4-3-5-9-17/h3-5,8-11,14,19H,6-7,12-13,15-16H2,1-2H3,(H,24,27)(H,25,28)/t19-/m1/s1. The van der Waals surface area contributed by atoms with Crippen LogP contribution < -0.4 is 20.1 Å². The molecule has 2 N–H and O–H groups in total. The monoisotopic (exact) mass is 411 g/mol. The van der Waals surface area contributed by atoms with Crippen LogP contribution in [0.4, 0.5) is 0 Å². The lowest BCUT2D eigenvalue weighted by Gasteiger charge is -2.28. The Kier molecular flexibility index (Phi) is 7.68. The van der Waals surface area contributed by atoms with Gasteiger partial charge in [-0.1, -0.05) is 30.3 Å². The maximum Gasteiger partial charge on any atom is 0.251 e. The van der Waals surface area contributed by atoms with E-state index in [0.717, 1.165) is 13.1 Å². The molecule has 30 heavy (non-hydrogen) atoms. The van der Waals surface area contributed by atoms with Crippen molar-refractivity contribution in [2.24, 2.45) is 0 Å². The molecule has 7 heteroatoms. The third kappa shape index (κ3) is 5.51. The van der Waals surface area contributed by atoms with Gasteiger partial charge in [-0.3, -0.25) is 14.5 Å². The fourth-order valence-corrected chi connectivity index (χ4v) is 3.70. The molecule has 2 amide bonds. The first-order valence-corrected chi connectivity index (χ1v) is 10.2. The van der Waals surface area contributed by atoms with Gasteiger partial charge in [-0.25, -0.2) is 0 Å². The second kappa shape index (κ2) is 10.6. The minimum absolute atomic E-state index is 0.0886. The first-order valence-electron chi connectivity index (χ1n) is 10.2. The van der Waals surface area contributed by atoms with Gasteiger partial charge < -0.3 is 20.1 Å².